The van der Waals surface area contributed by atoms with Gasteiger partial charge in [0.15, 0.2) is 0 Å². The number of nitrogens with one attached hydrogen (secondary N) is 1. The van der Waals surface area contributed by atoms with Crippen molar-refractivity contribution in [2.75, 3.05) is 0 Å². The van der Waals surface area contributed by atoms with E-state index in [1.54, 1.807) is 12.4 Å². The predicted molar refractivity (Wildman–Crippen MR) is 109 cm³/mol. The third kappa shape index (κ3) is 3.07. The van der Waals surface area contributed by atoms with Gasteiger partial charge in [-0.1, -0.05) is 18.9 Å². The van der Waals surface area contributed by atoms with Crippen LogP contribution in [0.15, 0.2) is 30.6 Å². The summed E-state index contributed by atoms with van der Waals surface area (Å²) in [5.41, 5.74) is 5.00. The molecule has 146 valence electrons. The number of hydrogen-bond donors (Lipinski definition) is 2. The van der Waals surface area contributed by atoms with Crippen LogP contribution < -0.4 is 5.32 Å². The largest absolute Gasteiger partial charge is 0.391 e. The normalized spacial score (nSPS) is 19.7. The van der Waals surface area contributed by atoms with E-state index >= 15 is 0 Å². The van der Waals surface area contributed by atoms with Crippen molar-refractivity contribution < 1.29 is 9.90 Å². The highest BCUT2D eigenvalue weighted by atomic mass is 16.3. The molecule has 2 atom stereocenters. The first-order chi connectivity index (χ1) is 13.5. The van der Waals surface area contributed by atoms with Crippen LogP contribution in [0.4, 0.5) is 0 Å². The van der Waals surface area contributed by atoms with E-state index in [1.807, 2.05) is 43.5 Å². The molecule has 3 aromatic heterocycles. The highest BCUT2D eigenvalue weighted by Crippen LogP contribution is 2.31. The number of aliphatic hydroxyl groups is 1. The fourth-order valence-corrected chi connectivity index (χ4v) is 4.23. The Balaban J connectivity index is 1.86. The van der Waals surface area contributed by atoms with E-state index in [1.165, 1.54) is 0 Å². The van der Waals surface area contributed by atoms with Crippen molar-refractivity contribution in [3.63, 3.8) is 0 Å². The molecule has 2 N–H and O–H groups in total. The van der Waals surface area contributed by atoms with E-state index in [-0.39, 0.29) is 11.9 Å². The van der Waals surface area contributed by atoms with Crippen molar-refractivity contribution in [1.82, 2.24) is 19.9 Å². The topological polar surface area (TPSA) is 80.0 Å². The molecule has 0 aromatic carbocycles. The molecule has 0 unspecified atom stereocenters. The number of hydrogen-bond acceptors (Lipinski definition) is 4. The van der Waals surface area contributed by atoms with Crippen LogP contribution in [-0.2, 0) is 0 Å². The average Bonchev–Trinajstić information content (AvgIpc) is 2.97. The van der Waals surface area contributed by atoms with Gasteiger partial charge in [-0.05, 0) is 56.9 Å². The molecular formula is C22H26N4O2. The number of rotatable bonds is 3. The lowest BCUT2D eigenvalue weighted by atomic mass is 9.92. The maximum Gasteiger partial charge on any atom is 0.255 e. The van der Waals surface area contributed by atoms with E-state index in [0.29, 0.717) is 11.1 Å². The van der Waals surface area contributed by atoms with Gasteiger partial charge in [0.2, 0.25) is 0 Å². The number of carbonyl (C=O) groups is 1. The molecule has 1 fully saturated rings. The van der Waals surface area contributed by atoms with E-state index in [9.17, 15) is 9.90 Å². The monoisotopic (exact) mass is 378 g/mol. The second kappa shape index (κ2) is 7.36. The van der Waals surface area contributed by atoms with Gasteiger partial charge in [-0.25, -0.2) is 4.98 Å². The zero-order valence-corrected chi connectivity index (χ0v) is 16.6. The highest BCUT2D eigenvalue weighted by Gasteiger charge is 2.29. The van der Waals surface area contributed by atoms with Gasteiger partial charge in [0.05, 0.1) is 23.2 Å². The second-order valence-corrected chi connectivity index (χ2v) is 7.70. The SMILES string of the molecule is Cc1cccnc1-n1c(C)c(C(=O)N[C@H]2CCCC[C@@H]2O)c2nccc(C)c21. The van der Waals surface area contributed by atoms with E-state index in [2.05, 4.69) is 15.3 Å². The minimum Gasteiger partial charge on any atom is -0.391 e. The molecule has 28 heavy (non-hydrogen) atoms. The number of amides is 1. The number of nitrogens with zero attached hydrogens (tertiary/aromatic N) is 3. The van der Waals surface area contributed by atoms with Crippen molar-refractivity contribution in [2.24, 2.45) is 0 Å². The first-order valence-corrected chi connectivity index (χ1v) is 9.86. The highest BCUT2D eigenvalue weighted by molar-refractivity contribution is 6.08. The third-order valence-corrected chi connectivity index (χ3v) is 5.75. The average molecular weight is 378 g/mol. The van der Waals surface area contributed by atoms with Crippen molar-refractivity contribution in [2.45, 2.75) is 58.6 Å². The number of carbonyl (C=O) groups excluding carboxylic acids is 1. The molecule has 1 saturated carbocycles. The summed E-state index contributed by atoms with van der Waals surface area (Å²) in [5.74, 6) is 0.622. The molecule has 0 bridgehead atoms. The molecule has 4 rings (SSSR count). The zero-order valence-electron chi connectivity index (χ0n) is 16.6. The van der Waals surface area contributed by atoms with Gasteiger partial charge < -0.3 is 10.4 Å². The molecule has 6 heteroatoms. The van der Waals surface area contributed by atoms with Gasteiger partial charge in [0.1, 0.15) is 11.3 Å². The van der Waals surface area contributed by atoms with Crippen LogP contribution >= 0.6 is 0 Å². The summed E-state index contributed by atoms with van der Waals surface area (Å²) < 4.78 is 2.03. The summed E-state index contributed by atoms with van der Waals surface area (Å²) in [6, 6.07) is 5.66. The summed E-state index contributed by atoms with van der Waals surface area (Å²) >= 11 is 0. The van der Waals surface area contributed by atoms with Crippen LogP contribution in [0.1, 0.15) is 52.9 Å². The Hall–Kier alpha value is -2.73. The van der Waals surface area contributed by atoms with Gasteiger partial charge in [-0.15, -0.1) is 0 Å². The maximum absolute atomic E-state index is 13.2. The second-order valence-electron chi connectivity index (χ2n) is 7.70. The molecule has 0 spiro atoms. The maximum atomic E-state index is 13.2. The van der Waals surface area contributed by atoms with Crippen LogP contribution in [0.2, 0.25) is 0 Å². The summed E-state index contributed by atoms with van der Waals surface area (Å²) in [5, 5.41) is 13.3. The summed E-state index contributed by atoms with van der Waals surface area (Å²) in [6.45, 7) is 5.96. The predicted octanol–water partition coefficient (Wildman–Crippen LogP) is 3.38. The zero-order chi connectivity index (χ0) is 19.8. The first-order valence-electron chi connectivity index (χ1n) is 9.86. The fraction of sp³-hybridized carbons (Fsp3) is 0.409. The summed E-state index contributed by atoms with van der Waals surface area (Å²) in [4.78, 5) is 22.3. The fourth-order valence-electron chi connectivity index (χ4n) is 4.23. The Morgan fingerprint density at radius 1 is 1.11 bits per heavy atom. The van der Waals surface area contributed by atoms with Gasteiger partial charge in [0, 0.05) is 18.1 Å². The van der Waals surface area contributed by atoms with Crippen molar-refractivity contribution in [3.8, 4) is 5.82 Å². The molecule has 1 aliphatic rings. The van der Waals surface area contributed by atoms with Crippen molar-refractivity contribution in [1.29, 1.82) is 0 Å². The Morgan fingerprint density at radius 3 is 2.64 bits per heavy atom. The van der Waals surface area contributed by atoms with Crippen LogP contribution in [0.3, 0.4) is 0 Å². The van der Waals surface area contributed by atoms with Crippen LogP contribution in [0.25, 0.3) is 16.9 Å². The quantitative estimate of drug-likeness (QED) is 0.732. The molecule has 0 radical (unpaired) electrons. The minimum atomic E-state index is -0.487. The minimum absolute atomic E-state index is 0.182. The Morgan fingerprint density at radius 2 is 1.89 bits per heavy atom. The van der Waals surface area contributed by atoms with Crippen LogP contribution in [0, 0.1) is 20.8 Å². The Labute approximate surface area is 164 Å². The van der Waals surface area contributed by atoms with E-state index in [0.717, 1.165) is 53.8 Å². The molecule has 3 aromatic rings. The number of aliphatic hydroxyl groups excluding tert-OH is 1. The molecule has 1 aliphatic carbocycles. The van der Waals surface area contributed by atoms with Gasteiger partial charge in [0.25, 0.3) is 5.91 Å². The first kappa shape index (κ1) is 18.6. The lowest BCUT2D eigenvalue weighted by molar-refractivity contribution is 0.0718. The summed E-state index contributed by atoms with van der Waals surface area (Å²) in [7, 11) is 0. The Bertz CT molecular complexity index is 1040. The standard InChI is InChI=1S/C22H26N4O2/c1-13-10-12-23-19-18(22(28)25-16-8-4-5-9-17(16)27)15(3)26(20(13)19)21-14(2)7-6-11-24-21/h6-7,10-12,16-17,27H,4-5,8-9H2,1-3H3,(H,25,28)/t16-,17-/m0/s1. The van der Waals surface area contributed by atoms with Crippen LogP contribution in [-0.4, -0.2) is 37.7 Å². The molecule has 6 nitrogen and oxygen atoms in total. The van der Waals surface area contributed by atoms with Crippen LogP contribution in [0.5, 0.6) is 0 Å². The number of aromatic nitrogens is 3. The lowest BCUT2D eigenvalue weighted by Gasteiger charge is -2.28. The molecular weight excluding hydrogens is 352 g/mol. The van der Waals surface area contributed by atoms with E-state index < -0.39 is 6.10 Å². The van der Waals surface area contributed by atoms with E-state index in [4.69, 9.17) is 0 Å². The Kier molecular flexibility index (Phi) is 4.89. The number of pyridine rings is 2. The third-order valence-electron chi connectivity index (χ3n) is 5.75. The number of aryl methyl sites for hydroxylation is 2. The van der Waals surface area contributed by atoms with Crippen molar-refractivity contribution >= 4 is 16.9 Å². The molecule has 1 amide bonds. The van der Waals surface area contributed by atoms with Crippen molar-refractivity contribution in [3.05, 3.63) is 53.0 Å². The van der Waals surface area contributed by atoms with Gasteiger partial charge in [-0.3, -0.25) is 14.3 Å². The number of fused-ring (bicyclic) bond motifs is 1. The lowest BCUT2D eigenvalue weighted by Crippen LogP contribution is -2.45. The van der Waals surface area contributed by atoms with Gasteiger partial charge in [-0.2, -0.15) is 0 Å². The molecule has 0 aliphatic heterocycles. The van der Waals surface area contributed by atoms with Gasteiger partial charge >= 0.3 is 0 Å². The summed E-state index contributed by atoms with van der Waals surface area (Å²) in [6.07, 6.45) is 6.57. The molecule has 3 heterocycles. The smallest absolute Gasteiger partial charge is 0.255 e. The molecule has 0 saturated heterocycles.